The average Bonchev–Trinajstić information content (AvgIpc) is 2.45. The van der Waals surface area contributed by atoms with Crippen LogP contribution in [-0.2, 0) is 6.54 Å². The standard InChI is InChI=1S/C15H11F3N2S/c16-15(17,18)21-14-4-2-1-3-13(14)20-10-12-7-5-11(9-19)6-8-12/h1-8,20H,10H2. The maximum absolute atomic E-state index is 12.5. The Morgan fingerprint density at radius 3 is 2.33 bits per heavy atom. The summed E-state index contributed by atoms with van der Waals surface area (Å²) in [6.07, 6.45) is 0. The first-order valence-electron chi connectivity index (χ1n) is 6.05. The first-order chi connectivity index (χ1) is 9.98. The number of nitrogens with zero attached hydrogens (tertiary/aromatic N) is 1. The molecule has 2 rings (SSSR count). The summed E-state index contributed by atoms with van der Waals surface area (Å²) in [5, 5.41) is 11.7. The van der Waals surface area contributed by atoms with Gasteiger partial charge in [-0.2, -0.15) is 18.4 Å². The van der Waals surface area contributed by atoms with Gasteiger partial charge in [-0.3, -0.25) is 0 Å². The van der Waals surface area contributed by atoms with Gasteiger partial charge < -0.3 is 5.32 Å². The minimum atomic E-state index is -4.31. The van der Waals surface area contributed by atoms with E-state index >= 15 is 0 Å². The minimum absolute atomic E-state index is 0.137. The van der Waals surface area contributed by atoms with Crippen LogP contribution in [0.5, 0.6) is 0 Å². The monoisotopic (exact) mass is 308 g/mol. The predicted octanol–water partition coefficient (Wildman–Crippen LogP) is 4.78. The van der Waals surface area contributed by atoms with E-state index in [0.717, 1.165) is 5.56 Å². The zero-order valence-corrected chi connectivity index (χ0v) is 11.6. The number of rotatable bonds is 4. The molecule has 0 spiro atoms. The second kappa shape index (κ2) is 6.55. The van der Waals surface area contributed by atoms with Gasteiger partial charge in [0, 0.05) is 17.1 Å². The lowest BCUT2D eigenvalue weighted by atomic mass is 10.1. The lowest BCUT2D eigenvalue weighted by Crippen LogP contribution is -2.04. The Hall–Kier alpha value is -2.13. The molecule has 0 bridgehead atoms. The molecule has 1 N–H and O–H groups in total. The summed E-state index contributed by atoms with van der Waals surface area (Å²) in [5.41, 5.74) is -2.44. The molecule has 0 atom stereocenters. The Labute approximate surface area is 124 Å². The second-order valence-corrected chi connectivity index (χ2v) is 5.31. The summed E-state index contributed by atoms with van der Waals surface area (Å²) in [4.78, 5) is 0.138. The summed E-state index contributed by atoms with van der Waals surface area (Å²) in [5.74, 6) is 0. The molecule has 2 nitrogen and oxygen atoms in total. The third-order valence-electron chi connectivity index (χ3n) is 2.68. The maximum Gasteiger partial charge on any atom is 0.446 e. The van der Waals surface area contributed by atoms with Gasteiger partial charge in [0.25, 0.3) is 0 Å². The van der Waals surface area contributed by atoms with Gasteiger partial charge in [0.2, 0.25) is 0 Å². The van der Waals surface area contributed by atoms with Crippen LogP contribution in [0.15, 0.2) is 53.4 Å². The number of halogens is 3. The highest BCUT2D eigenvalue weighted by Crippen LogP contribution is 2.40. The molecule has 0 aliphatic carbocycles. The molecule has 0 saturated carbocycles. The lowest BCUT2D eigenvalue weighted by molar-refractivity contribution is -0.0327. The first-order valence-corrected chi connectivity index (χ1v) is 6.87. The van der Waals surface area contributed by atoms with Gasteiger partial charge in [-0.15, -0.1) is 0 Å². The predicted molar refractivity (Wildman–Crippen MR) is 76.8 cm³/mol. The van der Waals surface area contributed by atoms with Crippen LogP contribution in [0.2, 0.25) is 0 Å². The molecule has 0 unspecified atom stereocenters. The van der Waals surface area contributed by atoms with E-state index in [0.29, 0.717) is 17.8 Å². The highest BCUT2D eigenvalue weighted by Gasteiger charge is 2.30. The summed E-state index contributed by atoms with van der Waals surface area (Å²) in [6, 6.07) is 15.2. The first kappa shape index (κ1) is 15.3. The molecular weight excluding hydrogens is 297 g/mol. The Morgan fingerprint density at radius 1 is 1.05 bits per heavy atom. The van der Waals surface area contributed by atoms with E-state index in [4.69, 9.17) is 5.26 Å². The molecular formula is C15H11F3N2S. The van der Waals surface area contributed by atoms with Crippen LogP contribution in [0.25, 0.3) is 0 Å². The van der Waals surface area contributed by atoms with Crippen LogP contribution in [0.1, 0.15) is 11.1 Å². The Morgan fingerprint density at radius 2 is 1.71 bits per heavy atom. The topological polar surface area (TPSA) is 35.8 Å². The summed E-state index contributed by atoms with van der Waals surface area (Å²) in [7, 11) is 0. The third kappa shape index (κ3) is 4.72. The molecule has 0 fully saturated rings. The van der Waals surface area contributed by atoms with Crippen LogP contribution in [-0.4, -0.2) is 5.51 Å². The SMILES string of the molecule is N#Cc1ccc(CNc2ccccc2SC(F)(F)F)cc1. The molecule has 6 heteroatoms. The van der Waals surface area contributed by atoms with Crippen molar-refractivity contribution in [2.45, 2.75) is 16.9 Å². The normalized spacial score (nSPS) is 11.0. The van der Waals surface area contributed by atoms with Crippen molar-refractivity contribution < 1.29 is 13.2 Å². The number of para-hydroxylation sites is 1. The highest BCUT2D eigenvalue weighted by molar-refractivity contribution is 8.00. The van der Waals surface area contributed by atoms with Crippen LogP contribution in [0, 0.1) is 11.3 Å². The number of nitriles is 1. The van der Waals surface area contributed by atoms with Gasteiger partial charge in [0.1, 0.15) is 0 Å². The minimum Gasteiger partial charge on any atom is -0.380 e. The van der Waals surface area contributed by atoms with Crippen molar-refractivity contribution in [3.8, 4) is 6.07 Å². The molecule has 0 saturated heterocycles. The fourth-order valence-corrected chi connectivity index (χ4v) is 2.37. The van der Waals surface area contributed by atoms with Crippen LogP contribution in [0.3, 0.4) is 0 Å². The number of nitrogens with one attached hydrogen (secondary N) is 1. The van der Waals surface area contributed by atoms with Gasteiger partial charge in [0.15, 0.2) is 0 Å². The van der Waals surface area contributed by atoms with Crippen LogP contribution < -0.4 is 5.32 Å². The smallest absolute Gasteiger partial charge is 0.380 e. The summed E-state index contributed by atoms with van der Waals surface area (Å²) >= 11 is -0.137. The van der Waals surface area contributed by atoms with E-state index in [1.165, 1.54) is 6.07 Å². The fourth-order valence-electron chi connectivity index (χ4n) is 1.72. The van der Waals surface area contributed by atoms with Gasteiger partial charge in [-0.05, 0) is 41.6 Å². The van der Waals surface area contributed by atoms with Crippen LogP contribution in [0.4, 0.5) is 18.9 Å². The van der Waals surface area contributed by atoms with Crippen LogP contribution >= 0.6 is 11.8 Å². The average molecular weight is 308 g/mol. The quantitative estimate of drug-likeness (QED) is 0.825. The molecule has 0 radical (unpaired) electrons. The molecule has 2 aromatic rings. The van der Waals surface area contributed by atoms with Gasteiger partial charge in [-0.25, -0.2) is 0 Å². The molecule has 0 aliphatic heterocycles. The zero-order chi connectivity index (χ0) is 15.3. The largest absolute Gasteiger partial charge is 0.446 e. The van der Waals surface area contributed by atoms with E-state index in [1.54, 1.807) is 42.5 Å². The fraction of sp³-hybridized carbons (Fsp3) is 0.133. The number of thioether (sulfide) groups is 1. The zero-order valence-electron chi connectivity index (χ0n) is 10.8. The van der Waals surface area contributed by atoms with E-state index < -0.39 is 5.51 Å². The van der Waals surface area contributed by atoms with Crippen molar-refractivity contribution in [1.29, 1.82) is 5.26 Å². The van der Waals surface area contributed by atoms with Crippen molar-refractivity contribution in [2.24, 2.45) is 0 Å². The van der Waals surface area contributed by atoms with E-state index in [1.807, 2.05) is 6.07 Å². The van der Waals surface area contributed by atoms with Crippen molar-refractivity contribution in [3.63, 3.8) is 0 Å². The van der Waals surface area contributed by atoms with E-state index in [9.17, 15) is 13.2 Å². The molecule has 2 aromatic carbocycles. The molecule has 21 heavy (non-hydrogen) atoms. The summed E-state index contributed by atoms with van der Waals surface area (Å²) < 4.78 is 37.4. The van der Waals surface area contributed by atoms with Gasteiger partial charge in [-0.1, -0.05) is 24.3 Å². The third-order valence-corrected chi connectivity index (χ3v) is 3.49. The van der Waals surface area contributed by atoms with Gasteiger partial charge >= 0.3 is 5.51 Å². The highest BCUT2D eigenvalue weighted by atomic mass is 32.2. The number of alkyl halides is 3. The molecule has 0 heterocycles. The van der Waals surface area contributed by atoms with E-state index in [2.05, 4.69) is 5.32 Å². The number of anilines is 1. The number of hydrogen-bond donors (Lipinski definition) is 1. The Kier molecular flexibility index (Phi) is 4.76. The Balaban J connectivity index is 2.07. The molecule has 108 valence electrons. The Bertz CT molecular complexity index is 645. The van der Waals surface area contributed by atoms with Crippen molar-refractivity contribution in [3.05, 3.63) is 59.7 Å². The van der Waals surface area contributed by atoms with Crippen molar-refractivity contribution >= 4 is 17.4 Å². The second-order valence-electron chi connectivity index (χ2n) is 4.21. The van der Waals surface area contributed by atoms with Crippen molar-refractivity contribution in [1.82, 2.24) is 0 Å². The number of hydrogen-bond acceptors (Lipinski definition) is 3. The van der Waals surface area contributed by atoms with Crippen molar-refractivity contribution in [2.75, 3.05) is 5.32 Å². The van der Waals surface area contributed by atoms with Gasteiger partial charge in [0.05, 0.1) is 11.6 Å². The molecule has 0 aromatic heterocycles. The molecule has 0 amide bonds. The number of benzene rings is 2. The maximum atomic E-state index is 12.5. The molecule has 0 aliphatic rings. The summed E-state index contributed by atoms with van der Waals surface area (Å²) in [6.45, 7) is 0.390. The van der Waals surface area contributed by atoms with E-state index in [-0.39, 0.29) is 16.7 Å². The lowest BCUT2D eigenvalue weighted by Gasteiger charge is -2.13.